The number of nitro benzene ring substituents is 1. The van der Waals surface area contributed by atoms with Crippen LogP contribution in [0.3, 0.4) is 0 Å². The maximum Gasteiger partial charge on any atom is 0.271 e. The summed E-state index contributed by atoms with van der Waals surface area (Å²) < 4.78 is 5.80. The molecule has 0 saturated carbocycles. The lowest BCUT2D eigenvalue weighted by Gasteiger charge is -2.19. The summed E-state index contributed by atoms with van der Waals surface area (Å²) >= 11 is 0. The second-order valence-corrected chi connectivity index (χ2v) is 5.53. The van der Waals surface area contributed by atoms with Crippen molar-refractivity contribution in [1.29, 1.82) is 0 Å². The van der Waals surface area contributed by atoms with E-state index < -0.39 is 11.0 Å². The maximum absolute atomic E-state index is 12.5. The zero-order valence-corrected chi connectivity index (χ0v) is 13.9. The largest absolute Gasteiger partial charge is 0.480 e. The minimum Gasteiger partial charge on any atom is -0.480 e. The topological polar surface area (TPSA) is 81.5 Å². The Kier molecular flexibility index (Phi) is 5.52. The van der Waals surface area contributed by atoms with E-state index in [1.54, 1.807) is 13.0 Å². The van der Waals surface area contributed by atoms with Gasteiger partial charge in [-0.15, -0.1) is 0 Å². The summed E-state index contributed by atoms with van der Waals surface area (Å²) in [6.07, 6.45) is -0.196. The third-order valence-corrected chi connectivity index (χ3v) is 3.72. The predicted molar refractivity (Wildman–Crippen MR) is 92.3 cm³/mol. The van der Waals surface area contributed by atoms with Crippen molar-refractivity contribution in [2.75, 3.05) is 5.32 Å². The van der Waals surface area contributed by atoms with Gasteiger partial charge < -0.3 is 10.1 Å². The first-order chi connectivity index (χ1) is 11.4. The number of benzene rings is 2. The van der Waals surface area contributed by atoms with Gasteiger partial charge in [0.1, 0.15) is 5.75 Å². The van der Waals surface area contributed by atoms with Crippen LogP contribution in [0.2, 0.25) is 0 Å². The Morgan fingerprint density at radius 2 is 1.92 bits per heavy atom. The van der Waals surface area contributed by atoms with E-state index in [0.717, 1.165) is 11.1 Å². The normalized spacial score (nSPS) is 11.6. The molecule has 0 saturated heterocycles. The molecule has 0 bridgehead atoms. The third kappa shape index (κ3) is 4.10. The molecule has 1 amide bonds. The molecule has 2 rings (SSSR count). The van der Waals surface area contributed by atoms with Crippen molar-refractivity contribution in [1.82, 2.24) is 0 Å². The third-order valence-electron chi connectivity index (χ3n) is 3.72. The van der Waals surface area contributed by atoms with Crippen molar-refractivity contribution in [3.8, 4) is 5.75 Å². The van der Waals surface area contributed by atoms with E-state index in [9.17, 15) is 14.9 Å². The quantitative estimate of drug-likeness (QED) is 0.641. The van der Waals surface area contributed by atoms with E-state index in [0.29, 0.717) is 17.9 Å². The van der Waals surface area contributed by atoms with Gasteiger partial charge in [0, 0.05) is 12.1 Å². The molecule has 6 heteroatoms. The Hall–Kier alpha value is -2.89. The molecule has 0 fully saturated rings. The van der Waals surface area contributed by atoms with Gasteiger partial charge in [0.05, 0.1) is 10.6 Å². The summed E-state index contributed by atoms with van der Waals surface area (Å²) in [7, 11) is 0. The number of non-ortho nitro benzene ring substituents is 1. The van der Waals surface area contributed by atoms with E-state index in [4.69, 9.17) is 4.74 Å². The number of nitro groups is 1. The molecule has 0 aliphatic carbocycles. The van der Waals surface area contributed by atoms with Gasteiger partial charge in [-0.05, 0) is 37.5 Å². The van der Waals surface area contributed by atoms with E-state index in [-0.39, 0.29) is 11.6 Å². The predicted octanol–water partition coefficient (Wildman–Crippen LogP) is 4.01. The SMILES string of the molecule is CCC(Oc1ccccc1C)C(=O)Nc1cc([N+](=O)[O-])ccc1C. The van der Waals surface area contributed by atoms with Crippen molar-refractivity contribution in [2.45, 2.75) is 33.3 Å². The Morgan fingerprint density at radius 1 is 1.21 bits per heavy atom. The summed E-state index contributed by atoms with van der Waals surface area (Å²) in [6.45, 7) is 5.54. The van der Waals surface area contributed by atoms with Gasteiger partial charge in [0.2, 0.25) is 0 Å². The van der Waals surface area contributed by atoms with Crippen LogP contribution in [-0.4, -0.2) is 16.9 Å². The number of aryl methyl sites for hydroxylation is 2. The van der Waals surface area contributed by atoms with Crippen LogP contribution in [0, 0.1) is 24.0 Å². The van der Waals surface area contributed by atoms with Crippen molar-refractivity contribution in [2.24, 2.45) is 0 Å². The highest BCUT2D eigenvalue weighted by Gasteiger charge is 2.20. The monoisotopic (exact) mass is 328 g/mol. The van der Waals surface area contributed by atoms with Crippen LogP contribution in [0.1, 0.15) is 24.5 Å². The lowest BCUT2D eigenvalue weighted by atomic mass is 10.1. The van der Waals surface area contributed by atoms with Crippen LogP contribution in [0.4, 0.5) is 11.4 Å². The number of amides is 1. The molecule has 0 radical (unpaired) electrons. The summed E-state index contributed by atoms with van der Waals surface area (Å²) in [5.41, 5.74) is 2.04. The van der Waals surface area contributed by atoms with Crippen LogP contribution in [-0.2, 0) is 4.79 Å². The van der Waals surface area contributed by atoms with Gasteiger partial charge in [-0.3, -0.25) is 14.9 Å². The second-order valence-electron chi connectivity index (χ2n) is 5.53. The Morgan fingerprint density at radius 3 is 2.54 bits per heavy atom. The minimum atomic E-state index is -0.676. The second kappa shape index (κ2) is 7.59. The lowest BCUT2D eigenvalue weighted by molar-refractivity contribution is -0.384. The summed E-state index contributed by atoms with van der Waals surface area (Å²) in [5.74, 6) is 0.319. The van der Waals surface area contributed by atoms with Gasteiger partial charge in [-0.1, -0.05) is 31.2 Å². The summed E-state index contributed by atoms with van der Waals surface area (Å²) in [5, 5.41) is 13.6. The molecular weight excluding hydrogens is 308 g/mol. The van der Waals surface area contributed by atoms with Gasteiger partial charge in [0.25, 0.3) is 11.6 Å². The number of hydrogen-bond donors (Lipinski definition) is 1. The molecule has 0 aliphatic rings. The van der Waals surface area contributed by atoms with Crippen LogP contribution in [0.15, 0.2) is 42.5 Å². The van der Waals surface area contributed by atoms with Gasteiger partial charge in [0.15, 0.2) is 6.10 Å². The summed E-state index contributed by atoms with van der Waals surface area (Å²) in [6, 6.07) is 11.8. The fourth-order valence-electron chi connectivity index (χ4n) is 2.24. The number of carbonyl (C=O) groups is 1. The Labute approximate surface area is 140 Å². The molecule has 0 aromatic heterocycles. The van der Waals surface area contributed by atoms with Crippen molar-refractivity contribution in [3.05, 3.63) is 63.7 Å². The Bertz CT molecular complexity index is 758. The lowest BCUT2D eigenvalue weighted by Crippen LogP contribution is -2.32. The standard InChI is InChI=1S/C18H20N2O4/c1-4-16(24-17-8-6-5-7-13(17)3)18(21)19-15-11-14(20(22)23)10-9-12(15)2/h5-11,16H,4H2,1-3H3,(H,19,21). The number of para-hydroxylation sites is 1. The highest BCUT2D eigenvalue weighted by atomic mass is 16.6. The number of carbonyl (C=O) groups excluding carboxylic acids is 1. The van der Waals surface area contributed by atoms with Gasteiger partial charge >= 0.3 is 0 Å². The van der Waals surface area contributed by atoms with Crippen molar-refractivity contribution >= 4 is 17.3 Å². The first-order valence-corrected chi connectivity index (χ1v) is 7.70. The molecule has 0 heterocycles. The molecule has 0 aliphatic heterocycles. The average molecular weight is 328 g/mol. The Balaban J connectivity index is 2.16. The average Bonchev–Trinajstić information content (AvgIpc) is 2.55. The summed E-state index contributed by atoms with van der Waals surface area (Å²) in [4.78, 5) is 22.9. The van der Waals surface area contributed by atoms with E-state index in [1.807, 2.05) is 38.1 Å². The number of nitrogens with one attached hydrogen (secondary N) is 1. The minimum absolute atomic E-state index is 0.0660. The molecule has 126 valence electrons. The fourth-order valence-corrected chi connectivity index (χ4v) is 2.24. The smallest absolute Gasteiger partial charge is 0.271 e. The highest BCUT2D eigenvalue weighted by Crippen LogP contribution is 2.23. The van der Waals surface area contributed by atoms with Crippen molar-refractivity contribution < 1.29 is 14.5 Å². The van der Waals surface area contributed by atoms with E-state index in [1.165, 1.54) is 12.1 Å². The number of ether oxygens (including phenoxy) is 1. The van der Waals surface area contributed by atoms with Crippen LogP contribution < -0.4 is 10.1 Å². The van der Waals surface area contributed by atoms with Crippen molar-refractivity contribution in [3.63, 3.8) is 0 Å². The zero-order chi connectivity index (χ0) is 17.7. The first kappa shape index (κ1) is 17.5. The highest BCUT2D eigenvalue weighted by molar-refractivity contribution is 5.95. The molecule has 2 aromatic carbocycles. The molecule has 6 nitrogen and oxygen atoms in total. The van der Waals surface area contributed by atoms with E-state index >= 15 is 0 Å². The number of hydrogen-bond acceptors (Lipinski definition) is 4. The zero-order valence-electron chi connectivity index (χ0n) is 13.9. The van der Waals surface area contributed by atoms with Gasteiger partial charge in [-0.25, -0.2) is 0 Å². The fraction of sp³-hybridized carbons (Fsp3) is 0.278. The van der Waals surface area contributed by atoms with Crippen LogP contribution in [0.25, 0.3) is 0 Å². The molecule has 1 N–H and O–H groups in total. The molecule has 2 aromatic rings. The van der Waals surface area contributed by atoms with E-state index in [2.05, 4.69) is 5.32 Å². The molecule has 1 unspecified atom stereocenters. The number of rotatable bonds is 6. The number of nitrogens with zero attached hydrogens (tertiary/aromatic N) is 1. The first-order valence-electron chi connectivity index (χ1n) is 7.70. The molecule has 0 spiro atoms. The maximum atomic E-state index is 12.5. The molecule has 1 atom stereocenters. The number of anilines is 1. The molecular formula is C18H20N2O4. The molecule has 24 heavy (non-hydrogen) atoms. The van der Waals surface area contributed by atoms with Crippen LogP contribution >= 0.6 is 0 Å². The van der Waals surface area contributed by atoms with Crippen LogP contribution in [0.5, 0.6) is 5.75 Å². The van der Waals surface area contributed by atoms with Gasteiger partial charge in [-0.2, -0.15) is 0 Å².